The van der Waals surface area contributed by atoms with Gasteiger partial charge in [0.2, 0.25) is 0 Å². The van der Waals surface area contributed by atoms with Crippen LogP contribution < -0.4 is 0 Å². The fourth-order valence-electron chi connectivity index (χ4n) is 0.405. The maximum absolute atomic E-state index is 10.9. The topological polar surface area (TPSA) is 23.6 Å². The third kappa shape index (κ3) is 2.66. The van der Waals surface area contributed by atoms with Gasteiger partial charge in [-0.15, -0.1) is 0 Å². The monoisotopic (exact) mass is 148 g/mol. The summed E-state index contributed by atoms with van der Waals surface area (Å²) in [6.07, 6.45) is 0. The van der Waals surface area contributed by atoms with Crippen molar-refractivity contribution < 1.29 is 4.79 Å². The Kier molecular flexibility index (Phi) is 3.55. The predicted octanol–water partition coefficient (Wildman–Crippen LogP) is 0.780. The van der Waals surface area contributed by atoms with Crippen molar-refractivity contribution in [1.29, 1.82) is 0 Å². The minimum atomic E-state index is 0.0162. The number of carbonyl (C=O) groups is 1. The Morgan fingerprint density at radius 1 is 1.56 bits per heavy atom. The first-order valence-corrected chi connectivity index (χ1v) is 3.34. The van der Waals surface area contributed by atoms with Gasteiger partial charge in [0.15, 0.2) is 0 Å². The highest BCUT2D eigenvalue weighted by atomic mass is 31.0. The van der Waals surface area contributed by atoms with Gasteiger partial charge in [0, 0.05) is 20.6 Å². The number of hydrogen-bond acceptors (Lipinski definition) is 1. The molecule has 0 aromatic rings. The average Bonchev–Trinajstić information content (AvgIpc) is 1.84. The van der Waals surface area contributed by atoms with Crippen LogP contribution in [0.2, 0.25) is 0 Å². The molecule has 0 saturated carbocycles. The zero-order valence-corrected chi connectivity index (χ0v) is 7.24. The summed E-state index contributed by atoms with van der Waals surface area (Å²) in [6.45, 7) is 2.68. The average molecular weight is 148 g/mol. The van der Waals surface area contributed by atoms with E-state index in [4.69, 9.17) is 0 Å². The van der Waals surface area contributed by atoms with E-state index >= 15 is 0 Å². The number of amides is 2. The van der Waals surface area contributed by atoms with Gasteiger partial charge in [-0.3, -0.25) is 0 Å². The van der Waals surface area contributed by atoms with Crippen molar-refractivity contribution in [3.05, 3.63) is 0 Å². The van der Waals surface area contributed by atoms with E-state index in [2.05, 4.69) is 9.39 Å². The third-order valence-corrected chi connectivity index (χ3v) is 1.32. The molecule has 1 atom stereocenters. The van der Waals surface area contributed by atoms with Crippen molar-refractivity contribution in [2.45, 2.75) is 6.92 Å². The standard InChI is InChI=1S/C5H13N2OP/c1-4-6(2)5(8)7(3)9/h4,9H2,1-3H3. The van der Waals surface area contributed by atoms with E-state index in [0.717, 1.165) is 6.54 Å². The molecule has 0 spiro atoms. The van der Waals surface area contributed by atoms with Gasteiger partial charge in [0.05, 0.1) is 0 Å². The SMILES string of the molecule is CCN(C)C(=O)N(C)P. The Bertz CT molecular complexity index is 105. The zero-order valence-electron chi connectivity index (χ0n) is 6.09. The van der Waals surface area contributed by atoms with E-state index in [0.29, 0.717) is 0 Å². The first-order chi connectivity index (χ1) is 4.09. The molecule has 0 aromatic heterocycles. The Balaban J connectivity index is 3.73. The molecule has 0 aliphatic rings. The fourth-order valence-corrected chi connectivity index (χ4v) is 0.602. The van der Waals surface area contributed by atoms with Gasteiger partial charge >= 0.3 is 6.03 Å². The lowest BCUT2D eigenvalue weighted by Gasteiger charge is -2.19. The summed E-state index contributed by atoms with van der Waals surface area (Å²) in [4.78, 5) is 12.5. The van der Waals surface area contributed by atoms with Crippen LogP contribution in [0.4, 0.5) is 4.79 Å². The summed E-state index contributed by atoms with van der Waals surface area (Å²) in [5.41, 5.74) is 0. The molecular weight excluding hydrogens is 135 g/mol. The van der Waals surface area contributed by atoms with Gasteiger partial charge in [-0.05, 0) is 16.3 Å². The first-order valence-electron chi connectivity index (χ1n) is 2.83. The molecule has 0 aromatic carbocycles. The molecule has 0 rings (SSSR count). The Morgan fingerprint density at radius 3 is 2.11 bits per heavy atom. The smallest absolute Gasteiger partial charge is 0.322 e. The fraction of sp³-hybridized carbons (Fsp3) is 0.800. The zero-order chi connectivity index (χ0) is 7.44. The number of carbonyl (C=O) groups excluding carboxylic acids is 1. The molecular formula is C5H13N2OP. The number of urea groups is 1. The summed E-state index contributed by atoms with van der Waals surface area (Å²) in [5, 5.41) is 0. The summed E-state index contributed by atoms with van der Waals surface area (Å²) in [5.74, 6) is 0. The van der Waals surface area contributed by atoms with Crippen LogP contribution in [0.1, 0.15) is 6.92 Å². The lowest BCUT2D eigenvalue weighted by molar-refractivity contribution is 0.198. The maximum Gasteiger partial charge on any atom is 0.322 e. The van der Waals surface area contributed by atoms with E-state index in [1.807, 2.05) is 6.92 Å². The second kappa shape index (κ2) is 3.67. The summed E-state index contributed by atoms with van der Waals surface area (Å²) < 4.78 is 1.48. The van der Waals surface area contributed by atoms with Crippen molar-refractivity contribution in [3.8, 4) is 0 Å². The Morgan fingerprint density at radius 2 is 2.00 bits per heavy atom. The molecule has 2 amide bonds. The summed E-state index contributed by atoms with van der Waals surface area (Å²) in [7, 11) is 5.79. The minimum absolute atomic E-state index is 0.0162. The van der Waals surface area contributed by atoms with E-state index in [9.17, 15) is 4.79 Å². The van der Waals surface area contributed by atoms with Crippen LogP contribution in [-0.4, -0.2) is 36.2 Å². The first kappa shape index (κ1) is 8.70. The van der Waals surface area contributed by atoms with Gasteiger partial charge in [0.25, 0.3) is 0 Å². The van der Waals surface area contributed by atoms with Crippen molar-refractivity contribution in [2.75, 3.05) is 20.6 Å². The Labute approximate surface area is 58.3 Å². The molecule has 9 heavy (non-hydrogen) atoms. The van der Waals surface area contributed by atoms with Gasteiger partial charge < -0.3 is 9.57 Å². The quantitative estimate of drug-likeness (QED) is 0.504. The van der Waals surface area contributed by atoms with E-state index in [-0.39, 0.29) is 6.03 Å². The van der Waals surface area contributed by atoms with Crippen LogP contribution in [0.5, 0.6) is 0 Å². The van der Waals surface area contributed by atoms with Crippen molar-refractivity contribution in [3.63, 3.8) is 0 Å². The molecule has 0 aliphatic carbocycles. The Hall–Kier alpha value is -0.300. The molecule has 0 fully saturated rings. The van der Waals surface area contributed by atoms with Gasteiger partial charge in [-0.2, -0.15) is 0 Å². The lowest BCUT2D eigenvalue weighted by Crippen LogP contribution is -2.32. The third-order valence-electron chi connectivity index (χ3n) is 1.10. The van der Waals surface area contributed by atoms with Crippen LogP contribution >= 0.6 is 9.39 Å². The normalized spacial score (nSPS) is 8.89. The molecule has 1 unspecified atom stereocenters. The molecule has 54 valence electrons. The molecule has 0 heterocycles. The van der Waals surface area contributed by atoms with Gasteiger partial charge in [-0.25, -0.2) is 4.79 Å². The lowest BCUT2D eigenvalue weighted by atomic mass is 10.6. The summed E-state index contributed by atoms with van der Waals surface area (Å²) >= 11 is 0. The van der Waals surface area contributed by atoms with Crippen LogP contribution in [0.3, 0.4) is 0 Å². The van der Waals surface area contributed by atoms with Crippen LogP contribution in [0.25, 0.3) is 0 Å². The van der Waals surface area contributed by atoms with Crippen LogP contribution in [0, 0.1) is 0 Å². The highest BCUT2D eigenvalue weighted by Crippen LogP contribution is 1.97. The van der Waals surface area contributed by atoms with E-state index < -0.39 is 0 Å². The van der Waals surface area contributed by atoms with Crippen molar-refractivity contribution >= 4 is 15.4 Å². The summed E-state index contributed by atoms with van der Waals surface area (Å²) in [6, 6.07) is 0.0162. The highest BCUT2D eigenvalue weighted by molar-refractivity contribution is 7.14. The minimum Gasteiger partial charge on any atom is -0.328 e. The van der Waals surface area contributed by atoms with E-state index in [1.165, 1.54) is 4.67 Å². The molecule has 0 N–H and O–H groups in total. The largest absolute Gasteiger partial charge is 0.328 e. The highest BCUT2D eigenvalue weighted by Gasteiger charge is 2.06. The van der Waals surface area contributed by atoms with Crippen LogP contribution in [-0.2, 0) is 0 Å². The maximum atomic E-state index is 10.9. The van der Waals surface area contributed by atoms with Gasteiger partial charge in [0.1, 0.15) is 0 Å². The van der Waals surface area contributed by atoms with Gasteiger partial charge in [-0.1, -0.05) is 0 Å². The molecule has 4 heteroatoms. The number of hydrogen-bond donors (Lipinski definition) is 0. The molecule has 0 aliphatic heterocycles. The molecule has 0 radical (unpaired) electrons. The number of nitrogens with zero attached hydrogens (tertiary/aromatic N) is 2. The van der Waals surface area contributed by atoms with Crippen molar-refractivity contribution in [2.24, 2.45) is 0 Å². The molecule has 0 saturated heterocycles. The second-order valence-corrected chi connectivity index (χ2v) is 2.68. The molecule has 3 nitrogen and oxygen atoms in total. The van der Waals surface area contributed by atoms with E-state index in [1.54, 1.807) is 19.0 Å². The second-order valence-electron chi connectivity index (χ2n) is 1.91. The molecule has 0 bridgehead atoms. The number of rotatable bonds is 1. The predicted molar refractivity (Wildman–Crippen MR) is 41.2 cm³/mol. The van der Waals surface area contributed by atoms with Crippen LogP contribution in [0.15, 0.2) is 0 Å². The van der Waals surface area contributed by atoms with Crippen molar-refractivity contribution in [1.82, 2.24) is 9.57 Å².